The topological polar surface area (TPSA) is 59.6 Å². The van der Waals surface area contributed by atoms with Gasteiger partial charge in [0.25, 0.3) is 5.91 Å². The van der Waals surface area contributed by atoms with E-state index in [0.717, 1.165) is 16.9 Å². The molecule has 0 atom stereocenters. The van der Waals surface area contributed by atoms with Crippen LogP contribution in [0.4, 0.5) is 11.4 Å². The van der Waals surface area contributed by atoms with Crippen molar-refractivity contribution >= 4 is 34.5 Å². The summed E-state index contributed by atoms with van der Waals surface area (Å²) >= 11 is 6.01. The quantitative estimate of drug-likeness (QED) is 0.838. The number of hydrogen-bond donors (Lipinski definition) is 2. The van der Waals surface area contributed by atoms with Gasteiger partial charge in [-0.3, -0.25) is 4.79 Å². The Morgan fingerprint density at radius 1 is 1.09 bits per heavy atom. The van der Waals surface area contributed by atoms with E-state index < -0.39 is 0 Å². The maximum Gasteiger partial charge on any atom is 0.257 e. The number of benzene rings is 2. The van der Waals surface area contributed by atoms with Gasteiger partial charge >= 0.3 is 0 Å². The minimum Gasteiger partial charge on any atom is -0.497 e. The highest BCUT2D eigenvalue weighted by Gasteiger charge is 2.24. The van der Waals surface area contributed by atoms with Gasteiger partial charge in [0.05, 0.1) is 19.8 Å². The zero-order chi connectivity index (χ0) is 16.4. The lowest BCUT2D eigenvalue weighted by molar-refractivity contribution is -0.110. The first kappa shape index (κ1) is 15.2. The van der Waals surface area contributed by atoms with Crippen molar-refractivity contribution < 1.29 is 14.3 Å². The van der Waals surface area contributed by atoms with E-state index in [1.807, 2.05) is 12.1 Å². The van der Waals surface area contributed by atoms with Crippen LogP contribution < -0.4 is 20.1 Å². The molecule has 6 heteroatoms. The highest BCUT2D eigenvalue weighted by molar-refractivity contribution is 6.34. The molecule has 0 bridgehead atoms. The second kappa shape index (κ2) is 6.22. The molecule has 0 fully saturated rings. The molecule has 0 aliphatic carbocycles. The van der Waals surface area contributed by atoms with Crippen molar-refractivity contribution in [3.63, 3.8) is 0 Å². The van der Waals surface area contributed by atoms with Gasteiger partial charge in [-0.25, -0.2) is 0 Å². The molecule has 2 N–H and O–H groups in total. The third-order valence-corrected chi connectivity index (χ3v) is 3.73. The molecule has 0 aromatic heterocycles. The van der Waals surface area contributed by atoms with Crippen molar-refractivity contribution in [3.8, 4) is 11.5 Å². The zero-order valence-corrected chi connectivity index (χ0v) is 13.4. The molecule has 23 heavy (non-hydrogen) atoms. The fourth-order valence-corrected chi connectivity index (χ4v) is 2.52. The highest BCUT2D eigenvalue weighted by atomic mass is 35.5. The number of ether oxygens (including phenoxy) is 2. The van der Waals surface area contributed by atoms with E-state index in [9.17, 15) is 4.79 Å². The number of nitrogens with one attached hydrogen (secondary N) is 2. The van der Waals surface area contributed by atoms with Crippen molar-refractivity contribution in [1.29, 1.82) is 0 Å². The predicted octanol–water partition coefficient (Wildman–Crippen LogP) is 3.76. The molecule has 0 saturated carbocycles. The van der Waals surface area contributed by atoms with Gasteiger partial charge in [0.15, 0.2) is 0 Å². The number of amides is 1. The lowest BCUT2D eigenvalue weighted by Gasteiger charge is -2.08. The smallest absolute Gasteiger partial charge is 0.257 e. The molecule has 3 rings (SSSR count). The van der Waals surface area contributed by atoms with Gasteiger partial charge in [-0.1, -0.05) is 11.6 Å². The Bertz CT molecular complexity index is 780. The summed E-state index contributed by atoms with van der Waals surface area (Å²) in [4.78, 5) is 12.1. The molecule has 1 aliphatic heterocycles. The van der Waals surface area contributed by atoms with Crippen LogP contribution in [0.2, 0.25) is 5.02 Å². The maximum absolute atomic E-state index is 12.1. The zero-order valence-electron chi connectivity index (χ0n) is 12.6. The molecule has 1 heterocycles. The van der Waals surface area contributed by atoms with Gasteiger partial charge in [0, 0.05) is 46.4 Å². The van der Waals surface area contributed by atoms with Gasteiger partial charge in [-0.05, 0) is 18.2 Å². The summed E-state index contributed by atoms with van der Waals surface area (Å²) < 4.78 is 10.4. The third-order valence-electron chi connectivity index (χ3n) is 3.50. The number of anilines is 2. The van der Waals surface area contributed by atoms with Crippen LogP contribution in [0.3, 0.4) is 0 Å². The summed E-state index contributed by atoms with van der Waals surface area (Å²) in [6, 6.07) is 10.7. The van der Waals surface area contributed by atoms with Gasteiger partial charge in [0.2, 0.25) is 0 Å². The largest absolute Gasteiger partial charge is 0.497 e. The van der Waals surface area contributed by atoms with Crippen molar-refractivity contribution in [2.45, 2.75) is 0 Å². The van der Waals surface area contributed by atoms with Crippen LogP contribution in [-0.2, 0) is 4.79 Å². The van der Waals surface area contributed by atoms with Crippen LogP contribution >= 0.6 is 11.6 Å². The van der Waals surface area contributed by atoms with Crippen molar-refractivity contribution in [1.82, 2.24) is 0 Å². The number of halogens is 1. The van der Waals surface area contributed by atoms with Gasteiger partial charge in [0.1, 0.15) is 11.5 Å². The average molecular weight is 331 g/mol. The third kappa shape index (κ3) is 3.10. The fraction of sp³-hybridized carbons (Fsp3) is 0.118. The molecule has 1 aliphatic rings. The van der Waals surface area contributed by atoms with E-state index in [0.29, 0.717) is 22.1 Å². The highest BCUT2D eigenvalue weighted by Crippen LogP contribution is 2.34. The second-order valence-electron chi connectivity index (χ2n) is 4.95. The molecule has 5 nitrogen and oxygen atoms in total. The second-order valence-corrected chi connectivity index (χ2v) is 5.38. The molecule has 118 valence electrons. The van der Waals surface area contributed by atoms with Crippen LogP contribution in [0, 0.1) is 0 Å². The summed E-state index contributed by atoms with van der Waals surface area (Å²) in [6.45, 7) is 0. The summed E-state index contributed by atoms with van der Waals surface area (Å²) in [5.74, 6) is 1.14. The summed E-state index contributed by atoms with van der Waals surface area (Å²) in [7, 11) is 3.17. The summed E-state index contributed by atoms with van der Waals surface area (Å²) in [5, 5.41) is 6.48. The SMILES string of the molecule is COc1cc(N/C=C2/C(=O)Nc3ccc(Cl)cc32)cc(OC)c1. The van der Waals surface area contributed by atoms with E-state index >= 15 is 0 Å². The Morgan fingerprint density at radius 2 is 1.78 bits per heavy atom. The Hall–Kier alpha value is -2.66. The Kier molecular flexibility index (Phi) is 4.12. The maximum atomic E-state index is 12.1. The summed E-state index contributed by atoms with van der Waals surface area (Å²) in [6.07, 6.45) is 1.64. The normalized spacial score (nSPS) is 14.4. The molecule has 2 aromatic carbocycles. The van der Waals surface area contributed by atoms with Crippen LogP contribution in [0.15, 0.2) is 42.6 Å². The van der Waals surface area contributed by atoms with E-state index in [-0.39, 0.29) is 5.91 Å². The number of carbonyl (C=O) groups is 1. The molecule has 0 unspecified atom stereocenters. The molecule has 1 amide bonds. The molecule has 0 saturated heterocycles. The van der Waals surface area contributed by atoms with E-state index in [1.165, 1.54) is 0 Å². The van der Waals surface area contributed by atoms with Crippen LogP contribution in [0.25, 0.3) is 5.57 Å². The van der Waals surface area contributed by atoms with Crippen LogP contribution in [0.1, 0.15) is 5.56 Å². The number of hydrogen-bond acceptors (Lipinski definition) is 4. The van der Waals surface area contributed by atoms with Crippen LogP contribution in [0.5, 0.6) is 11.5 Å². The first-order valence-corrected chi connectivity index (χ1v) is 7.29. The van der Waals surface area contributed by atoms with E-state index in [4.69, 9.17) is 21.1 Å². The number of fused-ring (bicyclic) bond motifs is 1. The van der Waals surface area contributed by atoms with Gasteiger partial charge in [-0.15, -0.1) is 0 Å². The van der Waals surface area contributed by atoms with Crippen LogP contribution in [-0.4, -0.2) is 20.1 Å². The summed E-state index contributed by atoms with van der Waals surface area (Å²) in [5.41, 5.74) is 2.78. The Balaban J connectivity index is 1.92. The molecule has 2 aromatic rings. The predicted molar refractivity (Wildman–Crippen MR) is 91.2 cm³/mol. The van der Waals surface area contributed by atoms with Crippen molar-refractivity contribution in [2.24, 2.45) is 0 Å². The first-order valence-electron chi connectivity index (χ1n) is 6.92. The van der Waals surface area contributed by atoms with Crippen molar-refractivity contribution in [2.75, 3.05) is 24.9 Å². The molecular weight excluding hydrogens is 316 g/mol. The van der Waals surface area contributed by atoms with E-state index in [1.54, 1.807) is 44.7 Å². The minimum atomic E-state index is -0.176. The Morgan fingerprint density at radius 3 is 2.43 bits per heavy atom. The monoisotopic (exact) mass is 330 g/mol. The lowest BCUT2D eigenvalue weighted by Crippen LogP contribution is -2.05. The fourth-order valence-electron chi connectivity index (χ4n) is 2.35. The lowest BCUT2D eigenvalue weighted by atomic mass is 10.1. The Labute approximate surface area is 138 Å². The van der Waals surface area contributed by atoms with Gasteiger partial charge < -0.3 is 20.1 Å². The first-order chi connectivity index (χ1) is 11.1. The number of carbonyl (C=O) groups excluding carboxylic acids is 1. The van der Waals surface area contributed by atoms with Gasteiger partial charge in [-0.2, -0.15) is 0 Å². The number of methoxy groups -OCH3 is 2. The minimum absolute atomic E-state index is 0.176. The van der Waals surface area contributed by atoms with E-state index in [2.05, 4.69) is 10.6 Å². The molecular formula is C17H15ClN2O3. The number of rotatable bonds is 4. The average Bonchev–Trinajstić information content (AvgIpc) is 2.87. The standard InChI is InChI=1S/C17H15ClN2O3/c1-22-12-6-11(7-13(8-12)23-2)19-9-15-14-5-10(18)3-4-16(14)20-17(15)21/h3-9,19H,1-2H3,(H,20,21)/b15-9+. The molecule has 0 radical (unpaired) electrons. The molecule has 0 spiro atoms. The van der Waals surface area contributed by atoms with Crippen molar-refractivity contribution in [3.05, 3.63) is 53.2 Å².